The maximum Gasteiger partial charge on any atom is 0.266 e. The fourth-order valence-electron chi connectivity index (χ4n) is 3.87. The predicted octanol–water partition coefficient (Wildman–Crippen LogP) is 3.13. The molecule has 2 aliphatic heterocycles. The van der Waals surface area contributed by atoms with E-state index in [9.17, 15) is 9.59 Å². The molecule has 2 aromatic carbocycles. The van der Waals surface area contributed by atoms with Crippen molar-refractivity contribution in [2.24, 2.45) is 0 Å². The van der Waals surface area contributed by atoms with E-state index in [1.807, 2.05) is 12.1 Å². The fraction of sp³-hybridized carbons (Fsp3) is 0.333. The Morgan fingerprint density at radius 1 is 0.923 bits per heavy atom. The van der Waals surface area contributed by atoms with Crippen LogP contribution in [0.4, 0.5) is 5.69 Å². The maximum atomic E-state index is 12.9. The highest BCUT2D eigenvalue weighted by atomic mass is 16.5. The Kier molecular flexibility index (Phi) is 4.47. The molecule has 2 aliphatic rings. The highest BCUT2D eigenvalue weighted by molar-refractivity contribution is 6.35. The van der Waals surface area contributed by atoms with Crippen molar-refractivity contribution in [3.63, 3.8) is 0 Å². The number of carbonyl (C=O) groups excluding carboxylic acids is 2. The summed E-state index contributed by atoms with van der Waals surface area (Å²) in [6.45, 7) is 3.15. The third kappa shape index (κ3) is 2.78. The average molecular weight is 350 g/mol. The molecular weight excluding hydrogens is 328 g/mol. The van der Waals surface area contributed by atoms with Crippen LogP contribution in [0.5, 0.6) is 5.75 Å². The number of methoxy groups -OCH3 is 1. The summed E-state index contributed by atoms with van der Waals surface area (Å²) in [5.74, 6) is -0.00604. The monoisotopic (exact) mass is 350 g/mol. The largest absolute Gasteiger partial charge is 0.495 e. The molecular formula is C21H22N2O3. The van der Waals surface area contributed by atoms with Gasteiger partial charge in [0.25, 0.3) is 11.8 Å². The van der Waals surface area contributed by atoms with E-state index in [0.717, 1.165) is 31.6 Å². The van der Waals surface area contributed by atoms with Gasteiger partial charge in [0.05, 0.1) is 23.9 Å². The molecule has 2 heterocycles. The molecule has 0 bridgehead atoms. The number of para-hydroxylation sites is 1. The Morgan fingerprint density at radius 3 is 2.19 bits per heavy atom. The van der Waals surface area contributed by atoms with Crippen LogP contribution in [0.15, 0.2) is 42.5 Å². The van der Waals surface area contributed by atoms with E-state index in [-0.39, 0.29) is 11.8 Å². The number of amides is 2. The smallest absolute Gasteiger partial charge is 0.266 e. The normalized spacial score (nSPS) is 17.0. The van der Waals surface area contributed by atoms with E-state index >= 15 is 0 Å². The molecule has 0 saturated carbocycles. The Labute approximate surface area is 153 Å². The van der Waals surface area contributed by atoms with E-state index in [0.29, 0.717) is 22.6 Å². The molecule has 0 radical (unpaired) electrons. The topological polar surface area (TPSA) is 49.9 Å². The highest BCUT2D eigenvalue weighted by Gasteiger charge is 2.38. The number of imide groups is 1. The third-order valence-corrected chi connectivity index (χ3v) is 5.22. The van der Waals surface area contributed by atoms with Gasteiger partial charge >= 0.3 is 0 Å². The first-order chi connectivity index (χ1) is 12.7. The zero-order valence-electron chi connectivity index (χ0n) is 14.9. The van der Waals surface area contributed by atoms with Crippen molar-refractivity contribution in [3.05, 3.63) is 59.2 Å². The molecule has 2 aromatic rings. The van der Waals surface area contributed by atoms with Gasteiger partial charge in [-0.15, -0.1) is 0 Å². The SMILES string of the molecule is COc1cccc(CCN2CCCC2)c1N1C(=O)c2ccccc2C1=O. The summed E-state index contributed by atoms with van der Waals surface area (Å²) in [5.41, 5.74) is 2.45. The summed E-state index contributed by atoms with van der Waals surface area (Å²) in [7, 11) is 1.57. The van der Waals surface area contributed by atoms with Gasteiger partial charge in [-0.2, -0.15) is 0 Å². The predicted molar refractivity (Wildman–Crippen MR) is 100.0 cm³/mol. The van der Waals surface area contributed by atoms with Crippen molar-refractivity contribution in [2.75, 3.05) is 31.6 Å². The van der Waals surface area contributed by atoms with Gasteiger partial charge in [-0.3, -0.25) is 9.59 Å². The van der Waals surface area contributed by atoms with Crippen molar-refractivity contribution < 1.29 is 14.3 Å². The van der Waals surface area contributed by atoms with Gasteiger partial charge in [-0.05, 0) is 56.1 Å². The minimum Gasteiger partial charge on any atom is -0.495 e. The molecule has 1 fully saturated rings. The van der Waals surface area contributed by atoms with Crippen LogP contribution in [0.25, 0.3) is 0 Å². The lowest BCUT2D eigenvalue weighted by atomic mass is 10.1. The van der Waals surface area contributed by atoms with Crippen molar-refractivity contribution in [2.45, 2.75) is 19.3 Å². The number of carbonyl (C=O) groups is 2. The molecule has 134 valence electrons. The zero-order chi connectivity index (χ0) is 18.1. The summed E-state index contributed by atoms with van der Waals surface area (Å²) in [6.07, 6.45) is 3.26. The van der Waals surface area contributed by atoms with Crippen molar-refractivity contribution >= 4 is 17.5 Å². The first kappa shape index (κ1) is 16.8. The van der Waals surface area contributed by atoms with Crippen LogP contribution in [-0.2, 0) is 6.42 Å². The summed E-state index contributed by atoms with van der Waals surface area (Å²) in [4.78, 5) is 29.6. The number of ether oxygens (including phenoxy) is 1. The average Bonchev–Trinajstić information content (AvgIpc) is 3.28. The molecule has 5 heteroatoms. The second-order valence-electron chi connectivity index (χ2n) is 6.76. The van der Waals surface area contributed by atoms with Crippen LogP contribution >= 0.6 is 0 Å². The first-order valence-corrected chi connectivity index (χ1v) is 9.07. The molecule has 4 rings (SSSR count). The van der Waals surface area contributed by atoms with E-state index in [1.54, 1.807) is 37.4 Å². The van der Waals surface area contributed by atoms with Gasteiger partial charge in [0.15, 0.2) is 0 Å². The Morgan fingerprint density at radius 2 is 1.58 bits per heavy atom. The summed E-state index contributed by atoms with van der Waals surface area (Å²) in [6, 6.07) is 12.7. The maximum absolute atomic E-state index is 12.9. The number of hydrogen-bond acceptors (Lipinski definition) is 4. The van der Waals surface area contributed by atoms with Gasteiger partial charge in [0, 0.05) is 6.54 Å². The van der Waals surface area contributed by atoms with Crippen molar-refractivity contribution in [3.8, 4) is 5.75 Å². The summed E-state index contributed by atoms with van der Waals surface area (Å²) < 4.78 is 5.51. The number of benzene rings is 2. The molecule has 0 atom stereocenters. The van der Waals surface area contributed by atoms with Crippen molar-refractivity contribution in [1.82, 2.24) is 4.90 Å². The zero-order valence-corrected chi connectivity index (χ0v) is 14.9. The number of nitrogens with zero attached hydrogens (tertiary/aromatic N) is 2. The second-order valence-corrected chi connectivity index (χ2v) is 6.76. The minimum atomic E-state index is -0.280. The molecule has 26 heavy (non-hydrogen) atoms. The van der Waals surface area contributed by atoms with Gasteiger partial charge in [-0.25, -0.2) is 4.90 Å². The van der Waals surface area contributed by atoms with Gasteiger partial charge in [0.1, 0.15) is 5.75 Å². The summed E-state index contributed by atoms with van der Waals surface area (Å²) >= 11 is 0. The molecule has 0 aliphatic carbocycles. The first-order valence-electron chi connectivity index (χ1n) is 9.07. The lowest BCUT2D eigenvalue weighted by molar-refractivity contribution is 0.0925. The minimum absolute atomic E-state index is 0.280. The number of fused-ring (bicyclic) bond motifs is 1. The Hall–Kier alpha value is -2.66. The number of likely N-dealkylation sites (tertiary alicyclic amines) is 1. The van der Waals surface area contributed by atoms with Crippen LogP contribution in [-0.4, -0.2) is 43.5 Å². The highest BCUT2D eigenvalue weighted by Crippen LogP contribution is 2.38. The van der Waals surface area contributed by atoms with Crippen LogP contribution in [0.2, 0.25) is 0 Å². The van der Waals surface area contributed by atoms with Gasteiger partial charge in [-0.1, -0.05) is 24.3 Å². The number of rotatable bonds is 5. The number of anilines is 1. The van der Waals surface area contributed by atoms with Crippen LogP contribution in [0, 0.1) is 0 Å². The Bertz CT molecular complexity index is 821. The second kappa shape index (κ2) is 6.92. The molecule has 5 nitrogen and oxygen atoms in total. The summed E-state index contributed by atoms with van der Waals surface area (Å²) in [5, 5.41) is 0. The van der Waals surface area contributed by atoms with Crippen molar-refractivity contribution in [1.29, 1.82) is 0 Å². The lowest BCUT2D eigenvalue weighted by Crippen LogP contribution is -2.31. The van der Waals surface area contributed by atoms with Crippen LogP contribution in [0.3, 0.4) is 0 Å². The molecule has 2 amide bonds. The van der Waals surface area contributed by atoms with E-state index in [4.69, 9.17) is 4.74 Å². The van der Waals surface area contributed by atoms with Gasteiger partial charge in [0.2, 0.25) is 0 Å². The molecule has 1 saturated heterocycles. The fourth-order valence-corrected chi connectivity index (χ4v) is 3.87. The van der Waals surface area contributed by atoms with E-state index in [1.165, 1.54) is 17.7 Å². The van der Waals surface area contributed by atoms with E-state index in [2.05, 4.69) is 4.90 Å². The molecule has 0 spiro atoms. The Balaban J connectivity index is 1.71. The third-order valence-electron chi connectivity index (χ3n) is 5.22. The quantitative estimate of drug-likeness (QED) is 0.778. The molecule has 0 unspecified atom stereocenters. The van der Waals surface area contributed by atoms with Crippen LogP contribution < -0.4 is 9.64 Å². The van der Waals surface area contributed by atoms with Gasteiger partial charge < -0.3 is 9.64 Å². The lowest BCUT2D eigenvalue weighted by Gasteiger charge is -2.22. The van der Waals surface area contributed by atoms with E-state index < -0.39 is 0 Å². The standard InChI is InChI=1S/C21H22N2O3/c1-26-18-10-6-7-15(11-14-22-12-4-5-13-22)19(18)23-20(24)16-8-2-3-9-17(16)21(23)25/h2-3,6-10H,4-5,11-14H2,1H3. The number of hydrogen-bond donors (Lipinski definition) is 0. The van der Waals surface area contributed by atoms with Crippen LogP contribution in [0.1, 0.15) is 39.1 Å². The molecule has 0 aromatic heterocycles. The molecule has 0 N–H and O–H groups in total.